The average molecular weight is 451 g/mol. The summed E-state index contributed by atoms with van der Waals surface area (Å²) in [6, 6.07) is 9.74. The standard InChI is InChI=1S/C23H26N6O3.CH4/c1-15-10-27(11-16(2)32-15)12-18-8-20-21(24-9-18)22-25-14-26-29(22)23(30)28(20)13-17-4-6-19(31-3)7-5-17;/h4-9,14-16H,10-13H2,1-3H3;1H4/t15-,16+;. The third-order valence-corrected chi connectivity index (χ3v) is 5.79. The second-order valence-electron chi connectivity index (χ2n) is 8.37. The molecule has 0 N–H and O–H groups in total. The Kier molecular flexibility index (Phi) is 6.44. The maximum atomic E-state index is 13.3. The van der Waals surface area contributed by atoms with Crippen molar-refractivity contribution in [2.45, 2.75) is 46.6 Å². The van der Waals surface area contributed by atoms with Gasteiger partial charge in [-0.25, -0.2) is 9.78 Å². The molecule has 9 nitrogen and oxygen atoms in total. The lowest BCUT2D eigenvalue weighted by atomic mass is 10.1. The third kappa shape index (κ3) is 4.46. The molecule has 1 aromatic carbocycles. The zero-order valence-electron chi connectivity index (χ0n) is 18.4. The molecule has 4 aromatic rings. The summed E-state index contributed by atoms with van der Waals surface area (Å²) in [6.07, 6.45) is 3.64. The molecule has 2 atom stereocenters. The van der Waals surface area contributed by atoms with Crippen molar-refractivity contribution in [1.29, 1.82) is 0 Å². The largest absolute Gasteiger partial charge is 0.497 e. The van der Waals surface area contributed by atoms with Crippen LogP contribution in [0.2, 0.25) is 0 Å². The Balaban J connectivity index is 0.00000259. The smallest absolute Gasteiger partial charge is 0.351 e. The number of rotatable bonds is 5. The van der Waals surface area contributed by atoms with E-state index in [1.807, 2.05) is 36.5 Å². The SMILES string of the molecule is C.COc1ccc(Cn2c(=O)n3ncnc3c3ncc(CN4C[C@@H](C)O[C@@H](C)C4)cc32)cc1. The molecule has 3 aromatic heterocycles. The van der Waals surface area contributed by atoms with Gasteiger partial charge in [-0.3, -0.25) is 14.5 Å². The van der Waals surface area contributed by atoms with Gasteiger partial charge in [0.15, 0.2) is 5.65 Å². The summed E-state index contributed by atoms with van der Waals surface area (Å²) >= 11 is 0. The number of methoxy groups -OCH3 is 1. The maximum absolute atomic E-state index is 13.3. The first-order valence-corrected chi connectivity index (χ1v) is 10.7. The van der Waals surface area contributed by atoms with Crippen molar-refractivity contribution in [3.63, 3.8) is 0 Å². The highest BCUT2D eigenvalue weighted by Gasteiger charge is 2.23. The molecule has 0 bridgehead atoms. The summed E-state index contributed by atoms with van der Waals surface area (Å²) in [4.78, 5) is 24.6. The topological polar surface area (TPSA) is 86.8 Å². The molecule has 0 unspecified atom stereocenters. The third-order valence-electron chi connectivity index (χ3n) is 5.79. The minimum atomic E-state index is -0.242. The van der Waals surface area contributed by atoms with Gasteiger partial charge in [-0.05, 0) is 43.2 Å². The molecule has 1 fully saturated rings. The van der Waals surface area contributed by atoms with Crippen molar-refractivity contribution in [3.8, 4) is 5.75 Å². The van der Waals surface area contributed by atoms with Gasteiger partial charge in [0.25, 0.3) is 0 Å². The van der Waals surface area contributed by atoms with Gasteiger partial charge in [0.05, 0.1) is 31.4 Å². The molecular weight excluding hydrogens is 420 g/mol. The Labute approximate surface area is 192 Å². The molecule has 0 spiro atoms. The molecule has 9 heteroatoms. The molecular formula is C24H30N6O3. The van der Waals surface area contributed by atoms with E-state index in [2.05, 4.69) is 28.8 Å². The minimum absolute atomic E-state index is 0. The lowest BCUT2D eigenvalue weighted by Gasteiger charge is -2.35. The molecule has 0 aliphatic carbocycles. The van der Waals surface area contributed by atoms with E-state index in [1.165, 1.54) is 10.8 Å². The first kappa shape index (κ1) is 22.9. The number of fused-ring (bicyclic) bond motifs is 3. The number of aromatic nitrogens is 5. The predicted octanol–water partition coefficient (Wildman–Crippen LogP) is 2.74. The number of hydrogen-bond donors (Lipinski definition) is 0. The Bertz CT molecular complexity index is 1300. The van der Waals surface area contributed by atoms with Gasteiger partial charge in [-0.1, -0.05) is 19.6 Å². The van der Waals surface area contributed by atoms with Crippen LogP contribution in [0.5, 0.6) is 5.75 Å². The second kappa shape index (κ2) is 9.29. The summed E-state index contributed by atoms with van der Waals surface area (Å²) in [5, 5.41) is 4.12. The number of pyridine rings is 1. The van der Waals surface area contributed by atoms with Crippen LogP contribution in [-0.2, 0) is 17.8 Å². The van der Waals surface area contributed by atoms with Gasteiger partial charge in [-0.15, -0.1) is 0 Å². The summed E-state index contributed by atoms with van der Waals surface area (Å²) < 4.78 is 14.1. The number of morpholine rings is 1. The van der Waals surface area contributed by atoms with Gasteiger partial charge in [0, 0.05) is 25.8 Å². The maximum Gasteiger partial charge on any atom is 0.351 e. The summed E-state index contributed by atoms with van der Waals surface area (Å²) in [7, 11) is 1.63. The van der Waals surface area contributed by atoms with Crippen LogP contribution >= 0.6 is 0 Å². The van der Waals surface area contributed by atoms with E-state index < -0.39 is 0 Å². The van der Waals surface area contributed by atoms with E-state index in [4.69, 9.17) is 14.5 Å². The zero-order chi connectivity index (χ0) is 22.2. The van der Waals surface area contributed by atoms with Gasteiger partial charge in [0.2, 0.25) is 0 Å². The fourth-order valence-electron chi connectivity index (χ4n) is 4.46. The highest BCUT2D eigenvalue weighted by Crippen LogP contribution is 2.20. The number of ether oxygens (including phenoxy) is 2. The fraction of sp³-hybridized carbons (Fsp3) is 0.417. The van der Waals surface area contributed by atoms with Crippen molar-refractivity contribution in [3.05, 3.63) is 64.5 Å². The summed E-state index contributed by atoms with van der Waals surface area (Å²) in [5.41, 5.74) is 3.66. The Hall–Kier alpha value is -3.30. The van der Waals surface area contributed by atoms with Crippen LogP contribution in [0.4, 0.5) is 0 Å². The normalized spacial score (nSPS) is 19.0. The second-order valence-corrected chi connectivity index (χ2v) is 8.37. The van der Waals surface area contributed by atoms with E-state index >= 15 is 0 Å². The molecule has 0 amide bonds. The van der Waals surface area contributed by atoms with Crippen molar-refractivity contribution in [2.75, 3.05) is 20.2 Å². The van der Waals surface area contributed by atoms with Gasteiger partial charge >= 0.3 is 5.69 Å². The van der Waals surface area contributed by atoms with E-state index in [0.717, 1.165) is 42.0 Å². The zero-order valence-corrected chi connectivity index (χ0v) is 18.4. The van der Waals surface area contributed by atoms with E-state index in [0.29, 0.717) is 17.7 Å². The summed E-state index contributed by atoms with van der Waals surface area (Å²) in [6.45, 7) is 7.06. The van der Waals surface area contributed by atoms with Gasteiger partial charge in [-0.2, -0.15) is 9.61 Å². The van der Waals surface area contributed by atoms with Crippen molar-refractivity contribution in [2.24, 2.45) is 0 Å². The quantitative estimate of drug-likeness (QED) is 0.462. The molecule has 0 radical (unpaired) electrons. The first-order chi connectivity index (χ1) is 15.5. The highest BCUT2D eigenvalue weighted by molar-refractivity contribution is 5.87. The highest BCUT2D eigenvalue weighted by atomic mass is 16.5. The molecule has 1 saturated heterocycles. The first-order valence-electron chi connectivity index (χ1n) is 10.7. The van der Waals surface area contributed by atoms with Crippen LogP contribution in [0.1, 0.15) is 32.4 Å². The van der Waals surface area contributed by atoms with Crippen molar-refractivity contribution in [1.82, 2.24) is 29.0 Å². The van der Waals surface area contributed by atoms with E-state index in [-0.39, 0.29) is 25.3 Å². The molecule has 0 saturated carbocycles. The molecule has 4 heterocycles. The molecule has 174 valence electrons. The molecule has 33 heavy (non-hydrogen) atoms. The Morgan fingerprint density at radius 3 is 2.48 bits per heavy atom. The Morgan fingerprint density at radius 1 is 1.06 bits per heavy atom. The number of benzene rings is 1. The van der Waals surface area contributed by atoms with Crippen LogP contribution < -0.4 is 10.4 Å². The van der Waals surface area contributed by atoms with Crippen LogP contribution in [0.15, 0.2) is 47.7 Å². The average Bonchev–Trinajstić information content (AvgIpc) is 3.27. The lowest BCUT2D eigenvalue weighted by molar-refractivity contribution is -0.0705. The van der Waals surface area contributed by atoms with Crippen LogP contribution in [-0.4, -0.2) is 61.5 Å². The van der Waals surface area contributed by atoms with E-state index in [1.54, 1.807) is 11.7 Å². The molecule has 5 rings (SSSR count). The van der Waals surface area contributed by atoms with Crippen LogP contribution in [0.25, 0.3) is 16.7 Å². The van der Waals surface area contributed by atoms with Gasteiger partial charge < -0.3 is 9.47 Å². The van der Waals surface area contributed by atoms with E-state index in [9.17, 15) is 4.79 Å². The van der Waals surface area contributed by atoms with Crippen LogP contribution in [0, 0.1) is 0 Å². The Morgan fingerprint density at radius 2 is 1.79 bits per heavy atom. The molecule has 1 aliphatic heterocycles. The number of hydrogen-bond acceptors (Lipinski definition) is 7. The lowest BCUT2D eigenvalue weighted by Crippen LogP contribution is -2.44. The molecule has 1 aliphatic rings. The minimum Gasteiger partial charge on any atom is -0.497 e. The predicted molar refractivity (Wildman–Crippen MR) is 127 cm³/mol. The number of nitrogens with zero attached hydrogens (tertiary/aromatic N) is 6. The van der Waals surface area contributed by atoms with Crippen LogP contribution in [0.3, 0.4) is 0 Å². The fourth-order valence-corrected chi connectivity index (χ4v) is 4.46. The van der Waals surface area contributed by atoms with Gasteiger partial charge in [0.1, 0.15) is 17.6 Å². The monoisotopic (exact) mass is 450 g/mol. The van der Waals surface area contributed by atoms with Crippen molar-refractivity contribution >= 4 is 16.7 Å². The summed E-state index contributed by atoms with van der Waals surface area (Å²) in [5.74, 6) is 0.774. The van der Waals surface area contributed by atoms with Crippen molar-refractivity contribution < 1.29 is 9.47 Å².